The maximum Gasteiger partial charge on any atom is 0.343 e. The first-order valence-electron chi connectivity index (χ1n) is 7.32. The Morgan fingerprint density at radius 2 is 1.87 bits per heavy atom. The molecule has 1 amide bonds. The van der Waals surface area contributed by atoms with Gasteiger partial charge in [-0.2, -0.15) is 0 Å². The summed E-state index contributed by atoms with van der Waals surface area (Å²) in [6.07, 6.45) is 1.29. The molecule has 0 bridgehead atoms. The smallest absolute Gasteiger partial charge is 0.343 e. The van der Waals surface area contributed by atoms with E-state index in [0.717, 1.165) is 5.56 Å². The zero-order valence-corrected chi connectivity index (χ0v) is 13.7. The van der Waals surface area contributed by atoms with E-state index in [1.165, 1.54) is 18.1 Å². The Hall–Kier alpha value is -2.34. The van der Waals surface area contributed by atoms with Crippen LogP contribution < -0.4 is 4.74 Å². The summed E-state index contributed by atoms with van der Waals surface area (Å²) < 4.78 is 9.73. The minimum atomic E-state index is -1.53. The second kappa shape index (κ2) is 6.42. The fraction of sp³-hybridized carbons (Fsp3) is 0.412. The minimum Gasteiger partial charge on any atom is -0.497 e. The summed E-state index contributed by atoms with van der Waals surface area (Å²) in [5.74, 6) is -0.865. The number of amides is 1. The first-order chi connectivity index (χ1) is 10.8. The molecular weight excluding hydrogens is 298 g/mol. The summed E-state index contributed by atoms with van der Waals surface area (Å²) >= 11 is 0. The summed E-state index contributed by atoms with van der Waals surface area (Å²) in [5.41, 5.74) is -0.851. The van der Waals surface area contributed by atoms with Crippen LogP contribution in [0.1, 0.15) is 19.4 Å². The Labute approximate surface area is 135 Å². The van der Waals surface area contributed by atoms with E-state index in [4.69, 9.17) is 4.74 Å². The fourth-order valence-corrected chi connectivity index (χ4v) is 2.51. The standard InChI is InChI=1S/C17H21NO5/c1-11(2)17(21)9-14(16(20)23-4)15(19)18(17)10-12-5-7-13(22-3)8-6-12/h5-9,11,21H,10H2,1-4H3. The van der Waals surface area contributed by atoms with Crippen molar-refractivity contribution in [3.63, 3.8) is 0 Å². The van der Waals surface area contributed by atoms with E-state index >= 15 is 0 Å². The van der Waals surface area contributed by atoms with Crippen LogP contribution in [0.25, 0.3) is 0 Å². The molecule has 23 heavy (non-hydrogen) atoms. The number of ether oxygens (including phenoxy) is 2. The van der Waals surface area contributed by atoms with Gasteiger partial charge in [-0.25, -0.2) is 4.79 Å². The van der Waals surface area contributed by atoms with Gasteiger partial charge < -0.3 is 19.5 Å². The number of hydrogen-bond donors (Lipinski definition) is 1. The number of carbonyl (C=O) groups is 2. The van der Waals surface area contributed by atoms with Gasteiger partial charge in [0, 0.05) is 12.5 Å². The number of esters is 1. The minimum absolute atomic E-state index is 0.141. The molecule has 0 fully saturated rings. The molecule has 0 radical (unpaired) electrons. The van der Waals surface area contributed by atoms with E-state index in [1.54, 1.807) is 33.1 Å². The molecule has 1 aromatic rings. The van der Waals surface area contributed by atoms with Crippen molar-refractivity contribution in [2.75, 3.05) is 14.2 Å². The van der Waals surface area contributed by atoms with Gasteiger partial charge in [-0.05, 0) is 23.8 Å². The largest absolute Gasteiger partial charge is 0.497 e. The van der Waals surface area contributed by atoms with Crippen molar-refractivity contribution < 1.29 is 24.2 Å². The average molecular weight is 319 g/mol. The van der Waals surface area contributed by atoms with Gasteiger partial charge in [0.25, 0.3) is 5.91 Å². The van der Waals surface area contributed by atoms with E-state index in [9.17, 15) is 14.7 Å². The van der Waals surface area contributed by atoms with Crippen LogP contribution in [0.15, 0.2) is 35.9 Å². The van der Waals surface area contributed by atoms with Gasteiger partial charge in [0.05, 0.1) is 14.2 Å². The molecule has 1 N–H and O–H groups in total. The number of benzene rings is 1. The highest BCUT2D eigenvalue weighted by Crippen LogP contribution is 2.34. The number of carbonyl (C=O) groups excluding carboxylic acids is 2. The number of hydrogen-bond acceptors (Lipinski definition) is 5. The van der Waals surface area contributed by atoms with Gasteiger partial charge >= 0.3 is 5.97 Å². The van der Waals surface area contributed by atoms with Crippen molar-refractivity contribution in [1.29, 1.82) is 0 Å². The third-order valence-corrected chi connectivity index (χ3v) is 4.02. The predicted molar refractivity (Wildman–Crippen MR) is 83.4 cm³/mol. The third kappa shape index (κ3) is 3.07. The van der Waals surface area contributed by atoms with Gasteiger partial charge in [0.2, 0.25) is 0 Å². The summed E-state index contributed by atoms with van der Waals surface area (Å²) in [6, 6.07) is 7.17. The third-order valence-electron chi connectivity index (χ3n) is 4.02. The zero-order valence-electron chi connectivity index (χ0n) is 13.7. The second-order valence-electron chi connectivity index (χ2n) is 5.73. The summed E-state index contributed by atoms with van der Waals surface area (Å²) in [5, 5.41) is 10.9. The molecular formula is C17H21NO5. The van der Waals surface area contributed by atoms with Crippen LogP contribution in [-0.2, 0) is 20.9 Å². The molecule has 0 aromatic heterocycles. The summed E-state index contributed by atoms with van der Waals surface area (Å²) in [7, 11) is 2.78. The van der Waals surface area contributed by atoms with Crippen LogP contribution in [-0.4, -0.2) is 41.8 Å². The molecule has 1 heterocycles. The van der Waals surface area contributed by atoms with Gasteiger partial charge in [0.1, 0.15) is 11.3 Å². The van der Waals surface area contributed by atoms with E-state index in [2.05, 4.69) is 4.74 Å². The van der Waals surface area contributed by atoms with Crippen LogP contribution in [0, 0.1) is 5.92 Å². The highest BCUT2D eigenvalue weighted by atomic mass is 16.5. The van der Waals surface area contributed by atoms with Crippen molar-refractivity contribution >= 4 is 11.9 Å². The Morgan fingerprint density at radius 3 is 2.35 bits per heavy atom. The lowest BCUT2D eigenvalue weighted by molar-refractivity contribution is -0.151. The van der Waals surface area contributed by atoms with Gasteiger partial charge in [-0.15, -0.1) is 0 Å². The molecule has 1 aliphatic heterocycles. The molecule has 0 aliphatic carbocycles. The first kappa shape index (κ1) is 17.0. The summed E-state index contributed by atoms with van der Waals surface area (Å²) in [4.78, 5) is 25.6. The Kier molecular flexibility index (Phi) is 4.75. The lowest BCUT2D eigenvalue weighted by atomic mass is 9.98. The predicted octanol–water partition coefficient (Wildman–Crippen LogP) is 1.48. The van der Waals surface area contributed by atoms with Crippen molar-refractivity contribution in [2.24, 2.45) is 5.92 Å². The average Bonchev–Trinajstić information content (AvgIpc) is 2.81. The first-order valence-corrected chi connectivity index (χ1v) is 7.32. The monoisotopic (exact) mass is 319 g/mol. The highest BCUT2D eigenvalue weighted by Gasteiger charge is 2.48. The molecule has 1 aliphatic rings. The second-order valence-corrected chi connectivity index (χ2v) is 5.73. The van der Waals surface area contributed by atoms with Crippen molar-refractivity contribution in [1.82, 2.24) is 4.90 Å². The molecule has 6 heteroatoms. The van der Waals surface area contributed by atoms with E-state index in [1.807, 2.05) is 12.1 Å². The highest BCUT2D eigenvalue weighted by molar-refractivity contribution is 6.18. The Morgan fingerprint density at radius 1 is 1.26 bits per heavy atom. The molecule has 124 valence electrons. The number of methoxy groups -OCH3 is 2. The number of nitrogens with zero attached hydrogens (tertiary/aromatic N) is 1. The SMILES string of the molecule is COC(=O)C1=CC(O)(C(C)C)N(Cc2ccc(OC)cc2)C1=O. The van der Waals surface area contributed by atoms with E-state index in [-0.39, 0.29) is 18.0 Å². The van der Waals surface area contributed by atoms with Gasteiger partial charge in [-0.1, -0.05) is 26.0 Å². The maximum atomic E-state index is 12.5. The van der Waals surface area contributed by atoms with Gasteiger partial charge in [0.15, 0.2) is 5.72 Å². The molecule has 1 aromatic carbocycles. The molecule has 2 rings (SSSR count). The van der Waals surface area contributed by atoms with Crippen molar-refractivity contribution in [3.8, 4) is 5.75 Å². The van der Waals surface area contributed by atoms with Crippen LogP contribution in [0.3, 0.4) is 0 Å². The lowest BCUT2D eigenvalue weighted by Crippen LogP contribution is -2.49. The molecule has 0 saturated carbocycles. The number of rotatable bonds is 5. The van der Waals surface area contributed by atoms with Crippen molar-refractivity contribution in [2.45, 2.75) is 26.1 Å². The zero-order chi connectivity index (χ0) is 17.2. The lowest BCUT2D eigenvalue weighted by Gasteiger charge is -2.36. The topological polar surface area (TPSA) is 76.1 Å². The van der Waals surface area contributed by atoms with Crippen LogP contribution in [0.5, 0.6) is 5.75 Å². The van der Waals surface area contributed by atoms with Crippen LogP contribution in [0.4, 0.5) is 0 Å². The maximum absolute atomic E-state index is 12.5. The molecule has 1 unspecified atom stereocenters. The fourth-order valence-electron chi connectivity index (χ4n) is 2.51. The Balaban J connectivity index is 2.32. The van der Waals surface area contributed by atoms with Crippen LogP contribution >= 0.6 is 0 Å². The van der Waals surface area contributed by atoms with Gasteiger partial charge in [-0.3, -0.25) is 4.79 Å². The van der Waals surface area contributed by atoms with Crippen molar-refractivity contribution in [3.05, 3.63) is 41.5 Å². The molecule has 0 spiro atoms. The quantitative estimate of drug-likeness (QED) is 0.657. The Bertz CT molecular complexity index is 635. The number of aliphatic hydroxyl groups is 1. The summed E-state index contributed by atoms with van der Waals surface area (Å²) in [6.45, 7) is 3.74. The van der Waals surface area contributed by atoms with E-state index < -0.39 is 17.6 Å². The van der Waals surface area contributed by atoms with Crippen LogP contribution in [0.2, 0.25) is 0 Å². The molecule has 6 nitrogen and oxygen atoms in total. The molecule has 0 saturated heterocycles. The normalized spacial score (nSPS) is 20.7. The van der Waals surface area contributed by atoms with E-state index in [0.29, 0.717) is 5.75 Å². The molecule has 1 atom stereocenters.